The Kier molecular flexibility index (Phi) is 4.05. The summed E-state index contributed by atoms with van der Waals surface area (Å²) in [6, 6.07) is 15.6. The third-order valence-electron chi connectivity index (χ3n) is 3.30. The molecule has 0 aromatic heterocycles. The molecule has 0 aliphatic carbocycles. The maximum absolute atomic E-state index is 2.33. The molecular weight excluding hydrogens is 248 g/mol. The highest BCUT2D eigenvalue weighted by Gasteiger charge is 2.15. The Morgan fingerprint density at radius 3 is 2.05 bits per heavy atom. The molecule has 0 aliphatic rings. The van der Waals surface area contributed by atoms with Gasteiger partial charge in [-0.05, 0) is 48.6 Å². The van der Waals surface area contributed by atoms with Crippen LogP contribution >= 0.6 is 11.8 Å². The Morgan fingerprint density at radius 2 is 1.47 bits per heavy atom. The summed E-state index contributed by atoms with van der Waals surface area (Å²) >= 11 is 1.85. The van der Waals surface area contributed by atoms with E-state index < -0.39 is 0 Å². The van der Waals surface area contributed by atoms with Gasteiger partial charge in [0.1, 0.15) is 0 Å². The number of aryl methyl sites for hydroxylation is 2. The van der Waals surface area contributed by atoms with Gasteiger partial charge in [-0.15, -0.1) is 0 Å². The molecule has 19 heavy (non-hydrogen) atoms. The SMILES string of the molecule is Cc1ccc(Sc2cc(C(C)(C)C)ccc2C)cc1. The molecule has 1 heteroatoms. The Labute approximate surface area is 121 Å². The number of benzene rings is 2. The van der Waals surface area contributed by atoms with Crippen LogP contribution in [0.2, 0.25) is 0 Å². The van der Waals surface area contributed by atoms with Crippen LogP contribution in [0.5, 0.6) is 0 Å². The summed E-state index contributed by atoms with van der Waals surface area (Å²) in [6.07, 6.45) is 0. The van der Waals surface area contributed by atoms with E-state index in [1.54, 1.807) is 0 Å². The second kappa shape index (κ2) is 5.42. The van der Waals surface area contributed by atoms with E-state index in [0.717, 1.165) is 0 Å². The lowest BCUT2D eigenvalue weighted by Crippen LogP contribution is -2.11. The third-order valence-corrected chi connectivity index (χ3v) is 4.47. The predicted octanol–water partition coefficient (Wildman–Crippen LogP) is 5.75. The molecule has 0 spiro atoms. The predicted molar refractivity (Wildman–Crippen MR) is 85.2 cm³/mol. The second-order valence-corrected chi connectivity index (χ2v) is 7.26. The molecule has 0 unspecified atom stereocenters. The van der Waals surface area contributed by atoms with E-state index in [2.05, 4.69) is 77.1 Å². The molecule has 0 fully saturated rings. The Balaban J connectivity index is 2.31. The van der Waals surface area contributed by atoms with E-state index in [4.69, 9.17) is 0 Å². The lowest BCUT2D eigenvalue weighted by Gasteiger charge is -2.20. The fourth-order valence-electron chi connectivity index (χ4n) is 1.91. The molecular formula is C18H22S. The van der Waals surface area contributed by atoms with Crippen molar-refractivity contribution in [2.75, 3.05) is 0 Å². The van der Waals surface area contributed by atoms with E-state index in [-0.39, 0.29) is 5.41 Å². The van der Waals surface area contributed by atoms with Gasteiger partial charge < -0.3 is 0 Å². The monoisotopic (exact) mass is 270 g/mol. The normalized spacial score (nSPS) is 11.6. The highest BCUT2D eigenvalue weighted by Crippen LogP contribution is 2.34. The first kappa shape index (κ1) is 14.2. The fourth-order valence-corrected chi connectivity index (χ4v) is 2.85. The van der Waals surface area contributed by atoms with Crippen LogP contribution in [0.15, 0.2) is 52.3 Å². The highest BCUT2D eigenvalue weighted by molar-refractivity contribution is 7.99. The van der Waals surface area contributed by atoms with Gasteiger partial charge in [-0.25, -0.2) is 0 Å². The average Bonchev–Trinajstić information content (AvgIpc) is 2.33. The standard InChI is InChI=1S/C18H22S/c1-13-6-10-16(11-7-13)19-17-12-15(18(3,4)5)9-8-14(17)2/h6-12H,1-5H3. The summed E-state index contributed by atoms with van der Waals surface area (Å²) < 4.78 is 0. The van der Waals surface area contributed by atoms with Crippen LogP contribution in [0.25, 0.3) is 0 Å². The molecule has 0 heterocycles. The van der Waals surface area contributed by atoms with Crippen LogP contribution in [0.4, 0.5) is 0 Å². The number of hydrogen-bond donors (Lipinski definition) is 0. The quantitative estimate of drug-likeness (QED) is 0.669. The maximum Gasteiger partial charge on any atom is 0.0154 e. The first-order valence-corrected chi connectivity index (χ1v) is 7.53. The zero-order valence-electron chi connectivity index (χ0n) is 12.4. The van der Waals surface area contributed by atoms with E-state index in [1.807, 2.05) is 11.8 Å². The summed E-state index contributed by atoms with van der Waals surface area (Å²) in [5.41, 5.74) is 4.26. The van der Waals surface area contributed by atoms with E-state index in [9.17, 15) is 0 Å². The zero-order valence-corrected chi connectivity index (χ0v) is 13.3. The van der Waals surface area contributed by atoms with Crippen LogP contribution in [-0.4, -0.2) is 0 Å². The minimum absolute atomic E-state index is 0.205. The van der Waals surface area contributed by atoms with Gasteiger partial charge in [-0.1, -0.05) is 62.4 Å². The summed E-state index contributed by atoms with van der Waals surface area (Å²) in [6.45, 7) is 11.1. The third kappa shape index (κ3) is 3.63. The van der Waals surface area contributed by atoms with Gasteiger partial charge in [0.2, 0.25) is 0 Å². The van der Waals surface area contributed by atoms with Crippen molar-refractivity contribution in [3.8, 4) is 0 Å². The van der Waals surface area contributed by atoms with Crippen molar-refractivity contribution >= 4 is 11.8 Å². The first-order valence-electron chi connectivity index (χ1n) is 6.72. The Hall–Kier alpha value is -1.21. The van der Waals surface area contributed by atoms with Gasteiger partial charge in [-0.3, -0.25) is 0 Å². The van der Waals surface area contributed by atoms with Gasteiger partial charge in [0.15, 0.2) is 0 Å². The molecule has 0 saturated carbocycles. The van der Waals surface area contributed by atoms with Crippen LogP contribution in [0, 0.1) is 13.8 Å². The molecule has 0 amide bonds. The first-order chi connectivity index (χ1) is 8.86. The summed E-state index contributed by atoms with van der Waals surface area (Å²) in [7, 11) is 0. The molecule has 0 bridgehead atoms. The van der Waals surface area contributed by atoms with Crippen molar-refractivity contribution in [2.45, 2.75) is 49.8 Å². The van der Waals surface area contributed by atoms with Gasteiger partial charge in [0, 0.05) is 9.79 Å². The van der Waals surface area contributed by atoms with E-state index >= 15 is 0 Å². The van der Waals surface area contributed by atoms with Gasteiger partial charge >= 0.3 is 0 Å². The Morgan fingerprint density at radius 1 is 0.842 bits per heavy atom. The van der Waals surface area contributed by atoms with Crippen molar-refractivity contribution in [1.82, 2.24) is 0 Å². The summed E-state index contributed by atoms with van der Waals surface area (Å²) in [5.74, 6) is 0. The van der Waals surface area contributed by atoms with Crippen molar-refractivity contribution in [3.05, 3.63) is 59.2 Å². The largest absolute Gasteiger partial charge is 0.0898 e. The maximum atomic E-state index is 2.33. The van der Waals surface area contributed by atoms with E-state index in [1.165, 1.54) is 26.5 Å². The van der Waals surface area contributed by atoms with Crippen molar-refractivity contribution in [1.29, 1.82) is 0 Å². The smallest absolute Gasteiger partial charge is 0.0154 e. The lowest BCUT2D eigenvalue weighted by molar-refractivity contribution is 0.588. The van der Waals surface area contributed by atoms with E-state index in [0.29, 0.717) is 0 Å². The van der Waals surface area contributed by atoms with Crippen LogP contribution in [-0.2, 0) is 5.41 Å². The Bertz CT molecular complexity index is 559. The molecule has 0 atom stereocenters. The zero-order chi connectivity index (χ0) is 14.0. The molecule has 2 aromatic rings. The van der Waals surface area contributed by atoms with Crippen molar-refractivity contribution in [3.63, 3.8) is 0 Å². The molecule has 0 N–H and O–H groups in total. The van der Waals surface area contributed by atoms with Crippen LogP contribution in [0.3, 0.4) is 0 Å². The minimum Gasteiger partial charge on any atom is -0.0898 e. The summed E-state index contributed by atoms with van der Waals surface area (Å²) in [4.78, 5) is 2.66. The van der Waals surface area contributed by atoms with Crippen LogP contribution in [0.1, 0.15) is 37.5 Å². The minimum atomic E-state index is 0.205. The molecule has 100 valence electrons. The molecule has 0 aliphatic heterocycles. The molecule has 2 aromatic carbocycles. The molecule has 2 rings (SSSR count). The topological polar surface area (TPSA) is 0 Å². The lowest BCUT2D eigenvalue weighted by atomic mass is 9.87. The van der Waals surface area contributed by atoms with Gasteiger partial charge in [0.05, 0.1) is 0 Å². The molecule has 0 saturated heterocycles. The van der Waals surface area contributed by atoms with Crippen molar-refractivity contribution in [2.24, 2.45) is 0 Å². The number of hydrogen-bond acceptors (Lipinski definition) is 1. The van der Waals surface area contributed by atoms with Crippen LogP contribution < -0.4 is 0 Å². The average molecular weight is 270 g/mol. The summed E-state index contributed by atoms with van der Waals surface area (Å²) in [5, 5.41) is 0. The second-order valence-electron chi connectivity index (χ2n) is 6.15. The van der Waals surface area contributed by atoms with Gasteiger partial charge in [0.25, 0.3) is 0 Å². The highest BCUT2D eigenvalue weighted by atomic mass is 32.2. The molecule has 0 radical (unpaired) electrons. The van der Waals surface area contributed by atoms with Gasteiger partial charge in [-0.2, -0.15) is 0 Å². The molecule has 0 nitrogen and oxygen atoms in total. The number of rotatable bonds is 2. The van der Waals surface area contributed by atoms with Crippen molar-refractivity contribution < 1.29 is 0 Å². The fraction of sp³-hybridized carbons (Fsp3) is 0.333.